The van der Waals surface area contributed by atoms with Gasteiger partial charge in [0.05, 0.1) is 11.1 Å². The number of hydrogen-bond acceptors (Lipinski definition) is 1. The normalized spacial score (nSPS) is 21.9. The number of fused-ring (bicyclic) bond motifs is 3. The van der Waals surface area contributed by atoms with Gasteiger partial charge >= 0.3 is 0 Å². The molecule has 1 saturated carbocycles. The summed E-state index contributed by atoms with van der Waals surface area (Å²) in [5, 5.41) is 1.69. The van der Waals surface area contributed by atoms with Crippen LogP contribution in [0.3, 0.4) is 0 Å². The number of halogens is 1. The third-order valence-corrected chi connectivity index (χ3v) is 8.75. The molecule has 1 fully saturated rings. The maximum absolute atomic E-state index is 15.6. The first-order valence-corrected chi connectivity index (χ1v) is 13.9. The zero-order chi connectivity index (χ0) is 30.9. The van der Waals surface area contributed by atoms with Gasteiger partial charge in [0, 0.05) is 27.9 Å². The van der Waals surface area contributed by atoms with Crippen molar-refractivity contribution in [1.82, 2.24) is 0 Å². The first kappa shape index (κ1) is 21.4. The summed E-state index contributed by atoms with van der Waals surface area (Å²) >= 11 is 0. The molecule has 0 spiro atoms. The Hall–Kier alpha value is -3.46. The molecule has 39 heavy (non-hydrogen) atoms. The number of aromatic nitrogens is 1. The van der Waals surface area contributed by atoms with Crippen molar-refractivity contribution in [3.63, 3.8) is 0 Å². The van der Waals surface area contributed by atoms with Gasteiger partial charge in [0.1, 0.15) is 24.0 Å². The van der Waals surface area contributed by atoms with Gasteiger partial charge in [-0.2, -0.15) is 0 Å². The molecule has 3 aromatic carbocycles. The van der Waals surface area contributed by atoms with E-state index >= 15 is 4.39 Å². The van der Waals surface area contributed by atoms with Crippen LogP contribution in [-0.2, 0) is 7.05 Å². The van der Waals surface area contributed by atoms with Gasteiger partial charge in [-0.1, -0.05) is 57.2 Å². The fourth-order valence-corrected chi connectivity index (χ4v) is 6.43. The smallest absolute Gasteiger partial charge is 0.216 e. The summed E-state index contributed by atoms with van der Waals surface area (Å²) in [4.78, 5) is 0. The zero-order valence-electron chi connectivity index (χ0n) is 27.5. The number of furan rings is 1. The highest BCUT2D eigenvalue weighted by atomic mass is 19.1. The molecule has 6 rings (SSSR count). The molecule has 0 radical (unpaired) electrons. The van der Waals surface area contributed by atoms with E-state index < -0.39 is 12.7 Å². The van der Waals surface area contributed by atoms with Crippen molar-refractivity contribution < 1.29 is 18.9 Å². The second-order valence-electron chi connectivity index (χ2n) is 12.3. The van der Waals surface area contributed by atoms with E-state index in [-0.39, 0.29) is 16.8 Å². The summed E-state index contributed by atoms with van der Waals surface area (Å²) in [6.07, 6.45) is 5.37. The van der Waals surface area contributed by atoms with Crippen molar-refractivity contribution in [2.75, 3.05) is 0 Å². The Kier molecular flexibility index (Phi) is 5.27. The molecule has 0 atom stereocenters. The lowest BCUT2D eigenvalue weighted by Crippen LogP contribution is -2.31. The number of nitrogens with zero attached hydrogens (tertiary/aromatic N) is 1. The van der Waals surface area contributed by atoms with Crippen LogP contribution < -0.4 is 4.57 Å². The maximum atomic E-state index is 15.6. The summed E-state index contributed by atoms with van der Waals surface area (Å²) < 4.78 is 56.5. The Balaban J connectivity index is 1.43. The molecule has 0 unspecified atom stereocenters. The van der Waals surface area contributed by atoms with Gasteiger partial charge in [0.25, 0.3) is 0 Å². The maximum Gasteiger partial charge on any atom is 0.216 e. The van der Waals surface area contributed by atoms with Crippen LogP contribution in [0.5, 0.6) is 0 Å². The molecule has 1 aliphatic rings. The average Bonchev–Trinajstić information content (AvgIpc) is 3.31. The molecule has 200 valence electrons. The lowest BCUT2D eigenvalue weighted by molar-refractivity contribution is -0.660. The molecule has 0 saturated heterocycles. The summed E-state index contributed by atoms with van der Waals surface area (Å²) in [7, 11) is 1.83. The molecular weight excluding hydrogens is 481 g/mol. The Morgan fingerprint density at radius 2 is 1.54 bits per heavy atom. The van der Waals surface area contributed by atoms with Crippen molar-refractivity contribution >= 4 is 21.9 Å². The van der Waals surface area contributed by atoms with Crippen LogP contribution in [0, 0.1) is 30.9 Å². The average molecular weight is 525 g/mol. The Labute approximate surface area is 237 Å². The van der Waals surface area contributed by atoms with Gasteiger partial charge in [-0.05, 0) is 91.6 Å². The van der Waals surface area contributed by atoms with Gasteiger partial charge in [-0.15, -0.1) is 0 Å². The largest absolute Gasteiger partial charge is 0.454 e. The number of rotatable bonds is 3. The van der Waals surface area contributed by atoms with Crippen LogP contribution in [0.1, 0.15) is 74.5 Å². The Bertz CT molecular complexity index is 1840. The lowest BCUT2D eigenvalue weighted by Gasteiger charge is -2.37. The Morgan fingerprint density at radius 3 is 2.18 bits per heavy atom. The van der Waals surface area contributed by atoms with Crippen molar-refractivity contribution in [2.45, 2.75) is 66.1 Å². The van der Waals surface area contributed by atoms with E-state index in [0.29, 0.717) is 28.2 Å². The number of benzene rings is 3. The fraction of sp³-hybridized carbons (Fsp3) is 0.361. The van der Waals surface area contributed by atoms with Crippen LogP contribution in [0.15, 0.2) is 71.3 Å². The van der Waals surface area contributed by atoms with E-state index in [1.807, 2.05) is 61.0 Å². The summed E-state index contributed by atoms with van der Waals surface area (Å²) in [6, 6.07) is 18.5. The van der Waals surface area contributed by atoms with E-state index in [2.05, 4.69) is 20.8 Å². The van der Waals surface area contributed by atoms with Crippen molar-refractivity contribution in [2.24, 2.45) is 18.4 Å². The second-order valence-corrected chi connectivity index (χ2v) is 12.3. The van der Waals surface area contributed by atoms with Crippen LogP contribution >= 0.6 is 0 Å². The van der Waals surface area contributed by atoms with Crippen LogP contribution in [0.25, 0.3) is 44.3 Å². The lowest BCUT2D eigenvalue weighted by atomic mass is 9.68. The van der Waals surface area contributed by atoms with Crippen molar-refractivity contribution in [3.05, 3.63) is 89.4 Å². The molecule has 5 aromatic rings. The van der Waals surface area contributed by atoms with Gasteiger partial charge in [-0.25, -0.2) is 8.96 Å². The highest BCUT2D eigenvalue weighted by molar-refractivity contribution is 6.13. The summed E-state index contributed by atoms with van der Waals surface area (Å²) in [5.41, 5.74) is 6.34. The minimum atomic E-state index is -2.20. The van der Waals surface area contributed by atoms with Crippen molar-refractivity contribution in [1.29, 1.82) is 0 Å². The van der Waals surface area contributed by atoms with E-state index in [4.69, 9.17) is 8.53 Å². The summed E-state index contributed by atoms with van der Waals surface area (Å²) in [6.45, 7) is 6.65. The van der Waals surface area contributed by atoms with Gasteiger partial charge < -0.3 is 4.42 Å². The molecule has 2 heterocycles. The predicted molar refractivity (Wildman–Crippen MR) is 159 cm³/mol. The van der Waals surface area contributed by atoms with Crippen LogP contribution in [0.4, 0.5) is 4.39 Å². The topological polar surface area (TPSA) is 17.0 Å². The first-order chi connectivity index (χ1) is 20.2. The summed E-state index contributed by atoms with van der Waals surface area (Å²) in [5.74, 6) is -0.363. The second kappa shape index (κ2) is 9.62. The molecule has 2 nitrogen and oxygen atoms in total. The van der Waals surface area contributed by atoms with Gasteiger partial charge in [0.2, 0.25) is 5.69 Å². The molecule has 3 heteroatoms. The SMILES string of the molecule is [2H]C([2H])([2H])c1ccc(-c2c(C)ccc3c2oc2c(-c4ccc(C5([2H])CCC(C(C)(C)C)CC5)cc4)c(F)ccc23)[n+](C)c1. The Morgan fingerprint density at radius 1 is 0.872 bits per heavy atom. The molecule has 2 aromatic heterocycles. The van der Waals surface area contributed by atoms with E-state index in [1.54, 1.807) is 18.3 Å². The molecule has 0 aliphatic heterocycles. The van der Waals surface area contributed by atoms with Crippen molar-refractivity contribution in [3.8, 4) is 22.4 Å². The van der Waals surface area contributed by atoms with Crippen LogP contribution in [0.2, 0.25) is 0 Å². The molecule has 0 N–H and O–H groups in total. The molecular formula is C36H39FNO+. The minimum absolute atomic E-state index is 0.255. The fourth-order valence-electron chi connectivity index (χ4n) is 6.43. The number of pyridine rings is 1. The van der Waals surface area contributed by atoms with Gasteiger partial charge in [0.15, 0.2) is 6.20 Å². The van der Waals surface area contributed by atoms with E-state index in [1.165, 1.54) is 6.07 Å². The number of hydrogen-bond donors (Lipinski definition) is 0. The van der Waals surface area contributed by atoms with E-state index in [0.717, 1.165) is 58.8 Å². The highest BCUT2D eigenvalue weighted by Gasteiger charge is 2.30. The van der Waals surface area contributed by atoms with Gasteiger partial charge in [-0.3, -0.25) is 0 Å². The third-order valence-electron chi connectivity index (χ3n) is 8.75. The first-order valence-electron chi connectivity index (χ1n) is 15.9. The number of aryl methyl sites for hydroxylation is 3. The third kappa shape index (κ3) is 4.56. The molecule has 0 amide bonds. The van der Waals surface area contributed by atoms with Crippen LogP contribution in [-0.4, -0.2) is 0 Å². The molecule has 0 bridgehead atoms. The standard InChI is InChI=1S/C36H39FNO/c1-22-7-20-31(38(6)21-22)32-23(2)8-17-28-29-18-19-30(37)33(35(29)39-34(28)32)26-11-9-24(10-12-26)25-13-15-27(16-14-25)36(3,4)5/h7-12,17-21,25,27H,13-16H2,1-6H3/q+1/i1D3,25D. The quantitative estimate of drug-likeness (QED) is 0.215. The van der Waals surface area contributed by atoms with E-state index in [9.17, 15) is 1.37 Å². The zero-order valence-corrected chi connectivity index (χ0v) is 23.5. The monoisotopic (exact) mass is 524 g/mol. The highest BCUT2D eigenvalue weighted by Crippen LogP contribution is 2.45. The predicted octanol–water partition coefficient (Wildman–Crippen LogP) is 9.82. The molecule has 1 aliphatic carbocycles. The minimum Gasteiger partial charge on any atom is -0.454 e.